The average molecular weight is 188 g/mol. The summed E-state index contributed by atoms with van der Waals surface area (Å²) in [5.41, 5.74) is 0. The van der Waals surface area contributed by atoms with E-state index in [-0.39, 0.29) is 12.6 Å². The zero-order chi connectivity index (χ0) is 8.81. The maximum absolute atomic E-state index is 11.2. The van der Waals surface area contributed by atoms with E-state index in [1.165, 1.54) is 0 Å². The molecule has 0 saturated carbocycles. The van der Waals surface area contributed by atoms with E-state index in [1.807, 2.05) is 5.41 Å². The minimum atomic E-state index is -0.0929. The first-order valence-corrected chi connectivity index (χ1v) is 4.83. The molecule has 0 aromatic heterocycles. The Bertz CT molecular complexity index is 184. The SMILES string of the molecule is O=C(NCCCO)N1C=CSC1. The molecule has 5 heteroatoms. The highest BCUT2D eigenvalue weighted by Gasteiger charge is 2.12. The smallest absolute Gasteiger partial charge is 0.322 e. The Kier molecular flexibility index (Phi) is 3.96. The van der Waals surface area contributed by atoms with Crippen molar-refractivity contribution in [1.82, 2.24) is 10.2 Å². The van der Waals surface area contributed by atoms with Gasteiger partial charge < -0.3 is 10.4 Å². The number of nitrogens with one attached hydrogen (secondary N) is 1. The van der Waals surface area contributed by atoms with E-state index in [2.05, 4.69) is 5.32 Å². The van der Waals surface area contributed by atoms with Gasteiger partial charge in [0.2, 0.25) is 0 Å². The monoisotopic (exact) mass is 188 g/mol. The van der Waals surface area contributed by atoms with Gasteiger partial charge in [-0.2, -0.15) is 0 Å². The van der Waals surface area contributed by atoms with Gasteiger partial charge in [-0.1, -0.05) is 0 Å². The standard InChI is InChI=1S/C7H12N2O2S/c10-4-1-2-8-7(11)9-3-5-12-6-9/h3,5,10H,1-2,4,6H2,(H,8,11). The minimum Gasteiger partial charge on any atom is -0.396 e. The highest BCUT2D eigenvalue weighted by molar-refractivity contribution is 8.02. The van der Waals surface area contributed by atoms with Crippen LogP contribution >= 0.6 is 11.8 Å². The molecular weight excluding hydrogens is 176 g/mol. The van der Waals surface area contributed by atoms with E-state index < -0.39 is 0 Å². The maximum Gasteiger partial charge on any atom is 0.322 e. The van der Waals surface area contributed by atoms with Crippen LogP contribution < -0.4 is 5.32 Å². The van der Waals surface area contributed by atoms with E-state index in [0.717, 1.165) is 0 Å². The van der Waals surface area contributed by atoms with Crippen molar-refractivity contribution < 1.29 is 9.90 Å². The lowest BCUT2D eigenvalue weighted by molar-refractivity contribution is 0.219. The Morgan fingerprint density at radius 3 is 3.17 bits per heavy atom. The molecule has 0 aromatic rings. The fourth-order valence-corrected chi connectivity index (χ4v) is 1.47. The summed E-state index contributed by atoms with van der Waals surface area (Å²) in [6, 6.07) is -0.0929. The number of amides is 2. The molecule has 0 bridgehead atoms. The first-order valence-electron chi connectivity index (χ1n) is 3.78. The zero-order valence-corrected chi connectivity index (χ0v) is 7.51. The fourth-order valence-electron chi connectivity index (χ4n) is 0.785. The van der Waals surface area contributed by atoms with Gasteiger partial charge in [0.05, 0.1) is 5.88 Å². The molecule has 12 heavy (non-hydrogen) atoms. The van der Waals surface area contributed by atoms with Crippen LogP contribution in [-0.2, 0) is 0 Å². The Labute approximate surface area is 75.6 Å². The molecule has 0 fully saturated rings. The Balaban J connectivity index is 2.14. The van der Waals surface area contributed by atoms with Crippen molar-refractivity contribution in [2.45, 2.75) is 6.42 Å². The summed E-state index contributed by atoms with van der Waals surface area (Å²) in [6.07, 6.45) is 2.36. The Morgan fingerprint density at radius 2 is 2.58 bits per heavy atom. The molecule has 1 aliphatic rings. The summed E-state index contributed by atoms with van der Waals surface area (Å²) in [7, 11) is 0. The van der Waals surface area contributed by atoms with Gasteiger partial charge in [-0.05, 0) is 11.8 Å². The third-order valence-electron chi connectivity index (χ3n) is 1.42. The minimum absolute atomic E-state index is 0.0929. The summed E-state index contributed by atoms with van der Waals surface area (Å²) in [5.74, 6) is 0.685. The summed E-state index contributed by atoms with van der Waals surface area (Å²) in [4.78, 5) is 12.8. The number of carbonyl (C=O) groups excluding carboxylic acids is 1. The van der Waals surface area contributed by atoms with Gasteiger partial charge in [0.15, 0.2) is 0 Å². The number of thioether (sulfide) groups is 1. The quantitative estimate of drug-likeness (QED) is 0.636. The predicted octanol–water partition coefficient (Wildman–Crippen LogP) is 0.556. The van der Waals surface area contributed by atoms with Crippen LogP contribution in [0.2, 0.25) is 0 Å². The van der Waals surface area contributed by atoms with Crippen LogP contribution in [0.4, 0.5) is 4.79 Å². The molecule has 0 spiro atoms. The number of aliphatic hydroxyl groups excluding tert-OH is 1. The molecule has 1 rings (SSSR count). The first-order chi connectivity index (χ1) is 5.84. The second kappa shape index (κ2) is 5.05. The summed E-state index contributed by atoms with van der Waals surface area (Å²) < 4.78 is 0. The highest BCUT2D eigenvalue weighted by atomic mass is 32.2. The molecule has 0 unspecified atom stereocenters. The van der Waals surface area contributed by atoms with Crippen LogP contribution in [0.25, 0.3) is 0 Å². The predicted molar refractivity (Wildman–Crippen MR) is 48.5 cm³/mol. The molecule has 0 aliphatic carbocycles. The molecule has 1 heterocycles. The van der Waals surface area contributed by atoms with Gasteiger partial charge >= 0.3 is 6.03 Å². The van der Waals surface area contributed by atoms with Gasteiger partial charge in [0, 0.05) is 19.4 Å². The number of aliphatic hydroxyl groups is 1. The highest BCUT2D eigenvalue weighted by Crippen LogP contribution is 2.14. The van der Waals surface area contributed by atoms with Crippen molar-refractivity contribution >= 4 is 17.8 Å². The van der Waals surface area contributed by atoms with Gasteiger partial charge in [-0.3, -0.25) is 4.90 Å². The van der Waals surface area contributed by atoms with Crippen molar-refractivity contribution in [3.05, 3.63) is 11.6 Å². The number of rotatable bonds is 3. The van der Waals surface area contributed by atoms with E-state index in [9.17, 15) is 4.79 Å². The van der Waals surface area contributed by atoms with Crippen molar-refractivity contribution in [3.8, 4) is 0 Å². The van der Waals surface area contributed by atoms with Gasteiger partial charge in [-0.25, -0.2) is 4.79 Å². The number of carbonyl (C=O) groups is 1. The molecule has 0 saturated heterocycles. The molecule has 2 amide bonds. The number of urea groups is 1. The van der Waals surface area contributed by atoms with E-state index in [4.69, 9.17) is 5.11 Å². The van der Waals surface area contributed by atoms with Crippen LogP contribution in [0.1, 0.15) is 6.42 Å². The fraction of sp³-hybridized carbons (Fsp3) is 0.571. The normalized spacial score (nSPS) is 15.2. The number of nitrogens with zero attached hydrogens (tertiary/aromatic N) is 1. The molecule has 1 aliphatic heterocycles. The van der Waals surface area contributed by atoms with E-state index >= 15 is 0 Å². The van der Waals surface area contributed by atoms with Gasteiger partial charge in [0.25, 0.3) is 0 Å². The van der Waals surface area contributed by atoms with Crippen molar-refractivity contribution in [2.75, 3.05) is 19.0 Å². The second-order valence-corrected chi connectivity index (χ2v) is 3.22. The lowest BCUT2D eigenvalue weighted by Gasteiger charge is -2.12. The van der Waals surface area contributed by atoms with Gasteiger partial charge in [0.1, 0.15) is 0 Å². The largest absolute Gasteiger partial charge is 0.396 e. The molecule has 0 aromatic carbocycles. The average Bonchev–Trinajstić information content (AvgIpc) is 2.56. The lowest BCUT2D eigenvalue weighted by Crippen LogP contribution is -2.35. The summed E-state index contributed by atoms with van der Waals surface area (Å²) in [6.45, 7) is 0.648. The third kappa shape index (κ3) is 2.75. The molecule has 4 nitrogen and oxygen atoms in total. The van der Waals surface area contributed by atoms with E-state index in [0.29, 0.717) is 18.8 Å². The maximum atomic E-state index is 11.2. The Morgan fingerprint density at radius 1 is 1.75 bits per heavy atom. The van der Waals surface area contributed by atoms with Crippen LogP contribution in [0.5, 0.6) is 0 Å². The second-order valence-electron chi connectivity index (χ2n) is 2.36. The molecule has 0 atom stereocenters. The number of hydrogen-bond donors (Lipinski definition) is 2. The zero-order valence-electron chi connectivity index (χ0n) is 6.69. The van der Waals surface area contributed by atoms with E-state index in [1.54, 1.807) is 22.9 Å². The summed E-state index contributed by atoms with van der Waals surface area (Å²) in [5, 5.41) is 13.0. The third-order valence-corrected chi connectivity index (χ3v) is 2.16. The molecular formula is C7H12N2O2S. The van der Waals surface area contributed by atoms with Gasteiger partial charge in [-0.15, -0.1) is 11.8 Å². The van der Waals surface area contributed by atoms with Crippen LogP contribution in [-0.4, -0.2) is 35.1 Å². The lowest BCUT2D eigenvalue weighted by atomic mass is 10.4. The first kappa shape index (κ1) is 9.41. The topological polar surface area (TPSA) is 52.6 Å². The van der Waals surface area contributed by atoms with Crippen LogP contribution in [0.15, 0.2) is 11.6 Å². The van der Waals surface area contributed by atoms with Crippen molar-refractivity contribution in [1.29, 1.82) is 0 Å². The molecule has 68 valence electrons. The Hall–Kier alpha value is -0.680. The van der Waals surface area contributed by atoms with Crippen LogP contribution in [0.3, 0.4) is 0 Å². The van der Waals surface area contributed by atoms with Crippen LogP contribution in [0, 0.1) is 0 Å². The molecule has 0 radical (unpaired) electrons. The van der Waals surface area contributed by atoms with Crippen molar-refractivity contribution in [2.24, 2.45) is 0 Å². The summed E-state index contributed by atoms with van der Waals surface area (Å²) >= 11 is 1.58. The van der Waals surface area contributed by atoms with Crippen molar-refractivity contribution in [3.63, 3.8) is 0 Å². The number of hydrogen-bond acceptors (Lipinski definition) is 3. The molecule has 2 N–H and O–H groups in total.